The molecule has 4 rings (SSSR count). The van der Waals surface area contributed by atoms with Gasteiger partial charge in [-0.15, -0.1) is 11.3 Å². The predicted molar refractivity (Wildman–Crippen MR) is 137 cm³/mol. The summed E-state index contributed by atoms with van der Waals surface area (Å²) in [4.78, 5) is 32.0. The predicted octanol–water partition coefficient (Wildman–Crippen LogP) is 4.89. The van der Waals surface area contributed by atoms with Gasteiger partial charge in [0, 0.05) is 36.7 Å². The van der Waals surface area contributed by atoms with Crippen LogP contribution in [0.3, 0.4) is 0 Å². The maximum atomic E-state index is 12.8. The van der Waals surface area contributed by atoms with Gasteiger partial charge in [0.2, 0.25) is 5.91 Å². The third-order valence-corrected chi connectivity index (χ3v) is 7.31. The maximum absolute atomic E-state index is 12.8. The molecule has 0 radical (unpaired) electrons. The number of anilines is 1. The molecule has 8 nitrogen and oxygen atoms in total. The second-order valence-electron chi connectivity index (χ2n) is 8.65. The van der Waals surface area contributed by atoms with Crippen LogP contribution in [0.4, 0.5) is 9.80 Å². The van der Waals surface area contributed by atoms with Crippen LogP contribution in [0.2, 0.25) is 0 Å². The summed E-state index contributed by atoms with van der Waals surface area (Å²) in [6.45, 7) is 3.08. The molecule has 186 valence electrons. The Labute approximate surface area is 214 Å². The summed E-state index contributed by atoms with van der Waals surface area (Å²) in [5.74, 6) is 0.571. The molecule has 0 spiro atoms. The summed E-state index contributed by atoms with van der Waals surface area (Å²) in [5, 5.41) is 13.2. The Kier molecular flexibility index (Phi) is 8.18. The van der Waals surface area contributed by atoms with Crippen molar-refractivity contribution in [2.45, 2.75) is 38.6 Å². The number of nitrogens with one attached hydrogen (secondary N) is 1. The third-order valence-electron chi connectivity index (χ3n) is 6.17. The monoisotopic (exact) mass is 504 g/mol. The highest BCUT2D eigenvalue weighted by Gasteiger charge is 2.28. The van der Waals surface area contributed by atoms with Gasteiger partial charge in [-0.2, -0.15) is 5.26 Å². The minimum atomic E-state index is -0.380. The van der Waals surface area contributed by atoms with Gasteiger partial charge >= 0.3 is 6.09 Å². The van der Waals surface area contributed by atoms with Crippen molar-refractivity contribution in [3.8, 4) is 11.8 Å². The first kappa shape index (κ1) is 25.2. The minimum Gasteiger partial charge on any atom is -0.497 e. The van der Waals surface area contributed by atoms with Crippen molar-refractivity contribution in [2.75, 3.05) is 25.6 Å². The van der Waals surface area contributed by atoms with E-state index in [-0.39, 0.29) is 30.9 Å². The molecule has 1 aliphatic heterocycles. The number of carbonyl (C=O) groups excluding carboxylic acids is 2. The molecular formula is C27H28N4O4S. The number of pyridine rings is 1. The first-order chi connectivity index (χ1) is 17.5. The van der Waals surface area contributed by atoms with Crippen LogP contribution in [0.15, 0.2) is 48.8 Å². The van der Waals surface area contributed by atoms with Crippen molar-refractivity contribution in [3.05, 3.63) is 75.9 Å². The van der Waals surface area contributed by atoms with E-state index in [0.717, 1.165) is 27.3 Å². The van der Waals surface area contributed by atoms with Crippen LogP contribution in [0, 0.1) is 11.3 Å². The average Bonchev–Trinajstić information content (AvgIpc) is 3.25. The van der Waals surface area contributed by atoms with Crippen LogP contribution >= 0.6 is 11.3 Å². The zero-order valence-corrected chi connectivity index (χ0v) is 21.1. The molecule has 1 aliphatic rings. The zero-order chi connectivity index (χ0) is 25.5. The summed E-state index contributed by atoms with van der Waals surface area (Å²) in [7, 11) is 1.61. The van der Waals surface area contributed by atoms with Crippen LogP contribution in [0.25, 0.3) is 0 Å². The number of fused-ring (bicyclic) bond motifs is 1. The van der Waals surface area contributed by atoms with Crippen LogP contribution in [-0.2, 0) is 28.9 Å². The van der Waals surface area contributed by atoms with Gasteiger partial charge in [0.15, 0.2) is 0 Å². The lowest BCUT2D eigenvalue weighted by Gasteiger charge is -2.26. The lowest BCUT2D eigenvalue weighted by atomic mass is 9.97. The second-order valence-corrected chi connectivity index (χ2v) is 9.75. The van der Waals surface area contributed by atoms with Crippen molar-refractivity contribution in [1.29, 1.82) is 5.26 Å². The van der Waals surface area contributed by atoms with Crippen molar-refractivity contribution in [3.63, 3.8) is 0 Å². The molecule has 0 aliphatic carbocycles. The Hall–Kier alpha value is -3.90. The Morgan fingerprint density at radius 2 is 2.17 bits per heavy atom. The summed E-state index contributed by atoms with van der Waals surface area (Å²) < 4.78 is 10.7. The molecule has 3 aromatic rings. The number of thiophene rings is 1. The molecular weight excluding hydrogens is 476 g/mol. The van der Waals surface area contributed by atoms with Gasteiger partial charge < -0.3 is 19.7 Å². The molecule has 0 saturated heterocycles. The Morgan fingerprint density at radius 3 is 2.92 bits per heavy atom. The fourth-order valence-electron chi connectivity index (χ4n) is 4.18. The van der Waals surface area contributed by atoms with Crippen molar-refractivity contribution in [1.82, 2.24) is 9.88 Å². The number of ether oxygens (including phenoxy) is 2. The van der Waals surface area contributed by atoms with E-state index < -0.39 is 0 Å². The van der Waals surface area contributed by atoms with E-state index in [1.807, 2.05) is 43.3 Å². The van der Waals surface area contributed by atoms with E-state index in [1.54, 1.807) is 24.4 Å². The summed E-state index contributed by atoms with van der Waals surface area (Å²) in [6, 6.07) is 13.7. The fourth-order valence-corrected chi connectivity index (χ4v) is 5.41. The fraction of sp³-hybridized carbons (Fsp3) is 0.333. The van der Waals surface area contributed by atoms with Gasteiger partial charge in [0.1, 0.15) is 16.8 Å². The van der Waals surface area contributed by atoms with Crippen molar-refractivity contribution >= 4 is 28.3 Å². The molecule has 0 bridgehead atoms. The molecule has 36 heavy (non-hydrogen) atoms. The summed E-state index contributed by atoms with van der Waals surface area (Å²) in [5.41, 5.74) is 3.40. The average molecular weight is 505 g/mol. The number of nitriles is 1. The Balaban J connectivity index is 1.35. The van der Waals surface area contributed by atoms with Crippen molar-refractivity contribution < 1.29 is 19.1 Å². The smallest absolute Gasteiger partial charge is 0.410 e. The lowest BCUT2D eigenvalue weighted by Crippen LogP contribution is -2.36. The van der Waals surface area contributed by atoms with Gasteiger partial charge in [0.05, 0.1) is 25.8 Å². The molecule has 1 N–H and O–H groups in total. The minimum absolute atomic E-state index is 0.0165. The Morgan fingerprint density at radius 1 is 1.31 bits per heavy atom. The number of nitrogens with zero attached hydrogens (tertiary/aromatic N) is 3. The van der Waals surface area contributed by atoms with Crippen LogP contribution < -0.4 is 10.1 Å². The number of amides is 2. The number of benzene rings is 1. The molecule has 3 heterocycles. The number of methoxy groups -OCH3 is 1. The van der Waals surface area contributed by atoms with E-state index in [0.29, 0.717) is 36.5 Å². The highest BCUT2D eigenvalue weighted by Crippen LogP contribution is 2.37. The van der Waals surface area contributed by atoms with Crippen LogP contribution in [0.5, 0.6) is 5.75 Å². The largest absolute Gasteiger partial charge is 0.497 e. The molecule has 0 unspecified atom stereocenters. The van der Waals surface area contributed by atoms with Gasteiger partial charge in [0.25, 0.3) is 0 Å². The van der Waals surface area contributed by atoms with Gasteiger partial charge in [-0.1, -0.05) is 25.1 Å². The van der Waals surface area contributed by atoms with Crippen LogP contribution in [-0.4, -0.2) is 42.1 Å². The molecule has 9 heteroatoms. The number of hydrogen-bond acceptors (Lipinski definition) is 7. The first-order valence-electron chi connectivity index (χ1n) is 11.8. The van der Waals surface area contributed by atoms with E-state index in [2.05, 4.69) is 16.4 Å². The number of rotatable bonds is 8. The maximum Gasteiger partial charge on any atom is 0.410 e. The molecule has 2 aromatic heterocycles. The van der Waals surface area contributed by atoms with Gasteiger partial charge in [-0.25, -0.2) is 4.79 Å². The topological polar surface area (TPSA) is 105 Å². The van der Waals surface area contributed by atoms with E-state index in [4.69, 9.17) is 9.47 Å². The standard InChI is InChI=1S/C27H28N4O4S/c1-18(20-6-3-7-21(14-20)34-2)13-25(32)30-26-23(15-28)22-8-11-31(17-24(22)36-26)27(33)35-12-9-19-5-4-10-29-16-19/h3-7,10,14,16,18H,8-9,11-13,17H2,1-2H3,(H,30,32)/t18-/m0/s1. The first-order valence-corrected chi connectivity index (χ1v) is 12.6. The quantitative estimate of drug-likeness (QED) is 0.468. The molecule has 0 saturated carbocycles. The van der Waals surface area contributed by atoms with Gasteiger partial charge in [-0.3, -0.25) is 9.78 Å². The number of aromatic nitrogens is 1. The molecule has 0 fully saturated rings. The van der Waals surface area contributed by atoms with Crippen LogP contribution in [0.1, 0.15) is 46.4 Å². The summed E-state index contributed by atoms with van der Waals surface area (Å²) >= 11 is 1.35. The van der Waals surface area contributed by atoms with E-state index in [1.165, 1.54) is 11.3 Å². The Bertz CT molecular complexity index is 1270. The highest BCUT2D eigenvalue weighted by molar-refractivity contribution is 7.16. The molecule has 1 aromatic carbocycles. The number of carbonyl (C=O) groups is 2. The lowest BCUT2D eigenvalue weighted by molar-refractivity contribution is -0.116. The summed E-state index contributed by atoms with van der Waals surface area (Å²) in [6.07, 6.45) is 4.49. The van der Waals surface area contributed by atoms with Crippen molar-refractivity contribution in [2.24, 2.45) is 0 Å². The highest BCUT2D eigenvalue weighted by atomic mass is 32.1. The normalized spacial score (nSPS) is 13.3. The van der Waals surface area contributed by atoms with E-state index >= 15 is 0 Å². The molecule has 2 amide bonds. The SMILES string of the molecule is COc1cccc([C@@H](C)CC(=O)Nc2sc3c(c2C#N)CCN(C(=O)OCCc2cccnc2)C3)c1. The zero-order valence-electron chi connectivity index (χ0n) is 20.3. The van der Waals surface area contributed by atoms with E-state index in [9.17, 15) is 14.9 Å². The number of hydrogen-bond donors (Lipinski definition) is 1. The second kappa shape index (κ2) is 11.7. The third kappa shape index (κ3) is 6.01. The van der Waals surface area contributed by atoms with Gasteiger partial charge in [-0.05, 0) is 47.2 Å². The molecule has 1 atom stereocenters.